The number of hydrogen-bond donors (Lipinski definition) is 1. The minimum Gasteiger partial charge on any atom is -0.481 e. The van der Waals surface area contributed by atoms with Crippen molar-refractivity contribution in [3.63, 3.8) is 0 Å². The first-order chi connectivity index (χ1) is 8.89. The van der Waals surface area contributed by atoms with Gasteiger partial charge in [0.25, 0.3) is 0 Å². The minimum absolute atomic E-state index is 0.265. The predicted molar refractivity (Wildman–Crippen MR) is 72.1 cm³/mol. The molecule has 1 aliphatic heterocycles. The molecular formula is C13H17NO4S. The first-order valence-corrected chi connectivity index (χ1v) is 8.05. The smallest absolute Gasteiger partial charge is 0.308 e. The van der Waals surface area contributed by atoms with Gasteiger partial charge < -0.3 is 10.0 Å². The second kappa shape index (κ2) is 5.21. The molecule has 5 nitrogen and oxygen atoms in total. The highest BCUT2D eigenvalue weighted by atomic mass is 32.2. The van der Waals surface area contributed by atoms with Crippen molar-refractivity contribution in [1.82, 2.24) is 0 Å². The van der Waals surface area contributed by atoms with Gasteiger partial charge in [0.2, 0.25) is 0 Å². The summed E-state index contributed by atoms with van der Waals surface area (Å²) in [7, 11) is -3.31. The monoisotopic (exact) mass is 283 g/mol. The molecule has 0 aliphatic carbocycles. The quantitative estimate of drug-likeness (QED) is 0.907. The van der Waals surface area contributed by atoms with Crippen molar-refractivity contribution >= 4 is 21.5 Å². The summed E-state index contributed by atoms with van der Waals surface area (Å²) in [5.74, 6) is -1.25. The SMILES string of the molecule is CS(=O)(=O)c1ccccc1N1CCC[C@H](C(=O)O)C1. The predicted octanol–water partition coefficient (Wildman–Crippen LogP) is 1.39. The fraction of sp³-hybridized carbons (Fsp3) is 0.462. The Bertz CT molecular complexity index is 582. The molecule has 1 aromatic rings. The Hall–Kier alpha value is -1.56. The van der Waals surface area contributed by atoms with Gasteiger partial charge in [-0.25, -0.2) is 8.42 Å². The molecule has 0 spiro atoms. The molecule has 104 valence electrons. The third-order valence-corrected chi connectivity index (χ3v) is 4.52. The normalized spacial score (nSPS) is 20.3. The number of rotatable bonds is 3. The van der Waals surface area contributed by atoms with E-state index in [-0.39, 0.29) is 4.90 Å². The van der Waals surface area contributed by atoms with Crippen LogP contribution in [0.15, 0.2) is 29.2 Å². The highest BCUT2D eigenvalue weighted by molar-refractivity contribution is 7.90. The maximum absolute atomic E-state index is 11.8. The van der Waals surface area contributed by atoms with E-state index < -0.39 is 21.7 Å². The molecule has 0 saturated carbocycles. The Balaban J connectivity index is 2.34. The molecule has 0 aromatic heterocycles. The average Bonchev–Trinajstić information content (AvgIpc) is 2.38. The van der Waals surface area contributed by atoms with Gasteiger partial charge in [-0.05, 0) is 25.0 Å². The molecule has 6 heteroatoms. The van der Waals surface area contributed by atoms with E-state index in [1.165, 1.54) is 6.26 Å². The molecule has 0 amide bonds. The average molecular weight is 283 g/mol. The van der Waals surface area contributed by atoms with Gasteiger partial charge in [0, 0.05) is 19.3 Å². The summed E-state index contributed by atoms with van der Waals surface area (Å²) in [6, 6.07) is 6.75. The van der Waals surface area contributed by atoms with E-state index in [1.807, 2.05) is 4.90 Å². The van der Waals surface area contributed by atoms with Crippen molar-refractivity contribution in [2.75, 3.05) is 24.2 Å². The molecule has 19 heavy (non-hydrogen) atoms. The van der Waals surface area contributed by atoms with Crippen LogP contribution in [-0.2, 0) is 14.6 Å². The molecule has 0 unspecified atom stereocenters. The lowest BCUT2D eigenvalue weighted by Gasteiger charge is -2.33. The van der Waals surface area contributed by atoms with Gasteiger partial charge in [0.15, 0.2) is 9.84 Å². The van der Waals surface area contributed by atoms with Gasteiger partial charge in [0.05, 0.1) is 16.5 Å². The third kappa shape index (κ3) is 3.07. The summed E-state index contributed by atoms with van der Waals surface area (Å²) < 4.78 is 23.5. The molecule has 1 N–H and O–H groups in total. The van der Waals surface area contributed by atoms with Crippen LogP contribution in [0.5, 0.6) is 0 Å². The molecule has 1 fully saturated rings. The first-order valence-electron chi connectivity index (χ1n) is 6.16. The van der Waals surface area contributed by atoms with Crippen LogP contribution in [0.2, 0.25) is 0 Å². The number of nitrogens with zero attached hydrogens (tertiary/aromatic N) is 1. The Morgan fingerprint density at radius 3 is 2.68 bits per heavy atom. The zero-order valence-electron chi connectivity index (χ0n) is 10.7. The Kier molecular flexibility index (Phi) is 3.80. The second-order valence-corrected chi connectivity index (χ2v) is 6.85. The van der Waals surface area contributed by atoms with Crippen molar-refractivity contribution in [2.24, 2.45) is 5.92 Å². The molecule has 1 atom stereocenters. The third-order valence-electron chi connectivity index (χ3n) is 3.38. The molecule has 0 radical (unpaired) electrons. The second-order valence-electron chi connectivity index (χ2n) is 4.86. The number of piperidine rings is 1. The topological polar surface area (TPSA) is 74.7 Å². The lowest BCUT2D eigenvalue weighted by atomic mass is 9.98. The number of para-hydroxylation sites is 1. The first kappa shape index (κ1) is 13.9. The van der Waals surface area contributed by atoms with E-state index in [2.05, 4.69) is 0 Å². The van der Waals surface area contributed by atoms with Crippen LogP contribution < -0.4 is 4.90 Å². The van der Waals surface area contributed by atoms with Crippen LogP contribution >= 0.6 is 0 Å². The number of anilines is 1. The number of carboxylic acid groups (broad SMARTS) is 1. The standard InChI is InChI=1S/C13H17NO4S/c1-19(17,18)12-7-3-2-6-11(12)14-8-4-5-10(9-14)13(15)16/h2-3,6-7,10H,4-5,8-9H2,1H3,(H,15,16)/t10-/m0/s1. The summed E-state index contributed by atoms with van der Waals surface area (Å²) >= 11 is 0. The molecule has 2 rings (SSSR count). The van der Waals surface area contributed by atoms with Crippen LogP contribution in [0.1, 0.15) is 12.8 Å². The molecule has 1 aromatic carbocycles. The van der Waals surface area contributed by atoms with Crippen molar-refractivity contribution in [1.29, 1.82) is 0 Å². The zero-order valence-corrected chi connectivity index (χ0v) is 11.6. The maximum atomic E-state index is 11.8. The largest absolute Gasteiger partial charge is 0.481 e. The van der Waals surface area contributed by atoms with E-state index in [9.17, 15) is 13.2 Å². The number of hydrogen-bond acceptors (Lipinski definition) is 4. The van der Waals surface area contributed by atoms with Crippen molar-refractivity contribution in [3.05, 3.63) is 24.3 Å². The molecule has 0 bridgehead atoms. The summed E-state index contributed by atoms with van der Waals surface area (Å²) in [5.41, 5.74) is 0.607. The minimum atomic E-state index is -3.31. The highest BCUT2D eigenvalue weighted by Crippen LogP contribution is 2.29. The van der Waals surface area contributed by atoms with Gasteiger partial charge in [0.1, 0.15) is 0 Å². The molecule has 1 saturated heterocycles. The fourth-order valence-electron chi connectivity index (χ4n) is 2.43. The molecule has 1 heterocycles. The number of aliphatic carboxylic acids is 1. The van der Waals surface area contributed by atoms with E-state index >= 15 is 0 Å². The summed E-state index contributed by atoms with van der Waals surface area (Å²) in [4.78, 5) is 13.2. The van der Waals surface area contributed by atoms with Crippen molar-refractivity contribution < 1.29 is 18.3 Å². The van der Waals surface area contributed by atoms with Gasteiger partial charge in [-0.2, -0.15) is 0 Å². The highest BCUT2D eigenvalue weighted by Gasteiger charge is 2.27. The summed E-state index contributed by atoms with van der Waals surface area (Å²) in [6.07, 6.45) is 2.58. The van der Waals surface area contributed by atoms with Crippen LogP contribution in [0.3, 0.4) is 0 Å². The lowest BCUT2D eigenvalue weighted by molar-refractivity contribution is -0.141. The maximum Gasteiger partial charge on any atom is 0.308 e. The van der Waals surface area contributed by atoms with E-state index in [0.717, 1.165) is 6.42 Å². The fourth-order valence-corrected chi connectivity index (χ4v) is 3.33. The molecular weight excluding hydrogens is 266 g/mol. The zero-order chi connectivity index (χ0) is 14.0. The van der Waals surface area contributed by atoms with Crippen LogP contribution in [0, 0.1) is 5.92 Å². The lowest BCUT2D eigenvalue weighted by Crippen LogP contribution is -2.39. The van der Waals surface area contributed by atoms with Gasteiger partial charge in [-0.1, -0.05) is 12.1 Å². The summed E-state index contributed by atoms with van der Waals surface area (Å²) in [5, 5.41) is 9.09. The van der Waals surface area contributed by atoms with E-state index in [0.29, 0.717) is 25.2 Å². The Morgan fingerprint density at radius 2 is 2.05 bits per heavy atom. The number of carboxylic acids is 1. The van der Waals surface area contributed by atoms with Gasteiger partial charge in [-0.3, -0.25) is 4.79 Å². The number of carbonyl (C=O) groups is 1. The van der Waals surface area contributed by atoms with E-state index in [1.54, 1.807) is 24.3 Å². The Morgan fingerprint density at radius 1 is 1.37 bits per heavy atom. The molecule has 1 aliphatic rings. The van der Waals surface area contributed by atoms with E-state index in [4.69, 9.17) is 5.11 Å². The Labute approximate surface area is 112 Å². The van der Waals surface area contributed by atoms with Crippen LogP contribution in [-0.4, -0.2) is 38.8 Å². The number of sulfone groups is 1. The van der Waals surface area contributed by atoms with Crippen molar-refractivity contribution in [2.45, 2.75) is 17.7 Å². The van der Waals surface area contributed by atoms with Crippen LogP contribution in [0.25, 0.3) is 0 Å². The number of benzene rings is 1. The van der Waals surface area contributed by atoms with Gasteiger partial charge >= 0.3 is 5.97 Å². The van der Waals surface area contributed by atoms with Crippen molar-refractivity contribution in [3.8, 4) is 0 Å². The van der Waals surface area contributed by atoms with Gasteiger partial charge in [-0.15, -0.1) is 0 Å². The van der Waals surface area contributed by atoms with Crippen LogP contribution in [0.4, 0.5) is 5.69 Å². The summed E-state index contributed by atoms with van der Waals surface area (Å²) in [6.45, 7) is 1.05.